The van der Waals surface area contributed by atoms with Gasteiger partial charge < -0.3 is 15.4 Å². The van der Waals surface area contributed by atoms with Crippen LogP contribution in [0, 0.1) is 22.7 Å². The van der Waals surface area contributed by atoms with Crippen LogP contribution in [-0.2, 0) is 11.3 Å². The van der Waals surface area contributed by atoms with Crippen LogP contribution in [0.1, 0.15) is 31.4 Å². The van der Waals surface area contributed by atoms with Crippen molar-refractivity contribution in [3.05, 3.63) is 35.4 Å². The number of hydrogen-bond acceptors (Lipinski definition) is 3. The first-order valence-electron chi connectivity index (χ1n) is 8.14. The SMILES string of the molecule is CN=C(NCc1ccc(C#N)cc1)NC1C2CCOC2C1(C)C.I. The number of benzene rings is 1. The van der Waals surface area contributed by atoms with Gasteiger partial charge in [0.1, 0.15) is 0 Å². The molecule has 1 aliphatic carbocycles. The number of hydrogen-bond donors (Lipinski definition) is 2. The van der Waals surface area contributed by atoms with Crippen LogP contribution in [0.2, 0.25) is 0 Å². The third-order valence-electron chi connectivity index (χ3n) is 5.16. The number of ether oxygens (including phenoxy) is 1. The molecule has 1 saturated heterocycles. The Morgan fingerprint density at radius 1 is 1.38 bits per heavy atom. The quantitative estimate of drug-likeness (QED) is 0.431. The second kappa shape index (κ2) is 7.70. The molecule has 0 aromatic heterocycles. The molecule has 1 aliphatic heterocycles. The highest BCUT2D eigenvalue weighted by Crippen LogP contribution is 2.52. The summed E-state index contributed by atoms with van der Waals surface area (Å²) < 4.78 is 5.84. The van der Waals surface area contributed by atoms with Crippen LogP contribution in [0.3, 0.4) is 0 Å². The lowest BCUT2D eigenvalue weighted by atomic mass is 9.57. The van der Waals surface area contributed by atoms with Crippen molar-refractivity contribution < 1.29 is 4.74 Å². The van der Waals surface area contributed by atoms with E-state index in [2.05, 4.69) is 35.5 Å². The van der Waals surface area contributed by atoms with E-state index in [9.17, 15) is 0 Å². The van der Waals surface area contributed by atoms with Crippen LogP contribution in [0.4, 0.5) is 0 Å². The Hall–Kier alpha value is -1.33. The van der Waals surface area contributed by atoms with Crippen molar-refractivity contribution >= 4 is 29.9 Å². The van der Waals surface area contributed by atoms with Gasteiger partial charge in [-0.25, -0.2) is 0 Å². The van der Waals surface area contributed by atoms with E-state index >= 15 is 0 Å². The molecule has 2 N–H and O–H groups in total. The summed E-state index contributed by atoms with van der Waals surface area (Å²) in [6, 6.07) is 10.1. The number of rotatable bonds is 3. The summed E-state index contributed by atoms with van der Waals surface area (Å²) >= 11 is 0. The zero-order valence-electron chi connectivity index (χ0n) is 14.4. The molecule has 5 nitrogen and oxygen atoms in total. The Morgan fingerprint density at radius 3 is 2.71 bits per heavy atom. The monoisotopic (exact) mass is 440 g/mol. The van der Waals surface area contributed by atoms with E-state index in [1.54, 1.807) is 7.05 Å². The van der Waals surface area contributed by atoms with Crippen LogP contribution >= 0.6 is 24.0 Å². The van der Waals surface area contributed by atoms with Crippen LogP contribution in [0.25, 0.3) is 0 Å². The van der Waals surface area contributed by atoms with E-state index in [1.165, 1.54) is 0 Å². The lowest BCUT2D eigenvalue weighted by Crippen LogP contribution is -2.67. The van der Waals surface area contributed by atoms with Crippen molar-refractivity contribution in [2.75, 3.05) is 13.7 Å². The summed E-state index contributed by atoms with van der Waals surface area (Å²) in [5, 5.41) is 15.8. The van der Waals surface area contributed by atoms with Crippen LogP contribution < -0.4 is 10.6 Å². The van der Waals surface area contributed by atoms with Crippen LogP contribution in [0.5, 0.6) is 0 Å². The van der Waals surface area contributed by atoms with E-state index in [1.807, 2.05) is 24.3 Å². The Labute approximate surface area is 160 Å². The first-order chi connectivity index (χ1) is 11.1. The summed E-state index contributed by atoms with van der Waals surface area (Å²) in [5.41, 5.74) is 1.94. The molecule has 130 valence electrons. The fraction of sp³-hybridized carbons (Fsp3) is 0.556. The van der Waals surface area contributed by atoms with E-state index < -0.39 is 0 Å². The Bertz CT molecular complexity index is 635. The van der Waals surface area contributed by atoms with Crippen LogP contribution in [-0.4, -0.2) is 31.8 Å². The van der Waals surface area contributed by atoms with Gasteiger partial charge in [0.2, 0.25) is 0 Å². The number of nitrogens with zero attached hydrogens (tertiary/aromatic N) is 2. The van der Waals surface area contributed by atoms with Gasteiger partial charge in [0.15, 0.2) is 5.96 Å². The van der Waals surface area contributed by atoms with Gasteiger partial charge in [0.25, 0.3) is 0 Å². The molecule has 2 fully saturated rings. The summed E-state index contributed by atoms with van der Waals surface area (Å²) in [6.45, 7) is 6.06. The zero-order chi connectivity index (χ0) is 16.4. The Kier molecular flexibility index (Phi) is 6.10. The molecule has 1 heterocycles. The summed E-state index contributed by atoms with van der Waals surface area (Å²) in [5.74, 6) is 1.40. The van der Waals surface area contributed by atoms with Crippen molar-refractivity contribution in [3.63, 3.8) is 0 Å². The molecular weight excluding hydrogens is 415 g/mol. The minimum absolute atomic E-state index is 0. The third kappa shape index (κ3) is 3.52. The average molecular weight is 440 g/mol. The fourth-order valence-electron chi connectivity index (χ4n) is 3.84. The number of nitrogens with one attached hydrogen (secondary N) is 2. The van der Waals surface area contributed by atoms with Crippen molar-refractivity contribution in [1.82, 2.24) is 10.6 Å². The largest absolute Gasteiger partial charge is 0.377 e. The number of guanidine groups is 1. The molecule has 3 unspecified atom stereocenters. The molecular formula is C18H25IN4O. The smallest absolute Gasteiger partial charge is 0.191 e. The Morgan fingerprint density at radius 2 is 2.08 bits per heavy atom. The van der Waals surface area contributed by atoms with Gasteiger partial charge in [0.05, 0.1) is 17.7 Å². The zero-order valence-corrected chi connectivity index (χ0v) is 16.7. The van der Waals surface area contributed by atoms with Crippen molar-refractivity contribution in [2.24, 2.45) is 16.3 Å². The highest BCUT2D eigenvalue weighted by atomic mass is 127. The maximum atomic E-state index is 8.84. The average Bonchev–Trinajstić information content (AvgIpc) is 3.02. The molecule has 1 aromatic carbocycles. The number of aliphatic imine (C=N–C) groups is 1. The molecule has 24 heavy (non-hydrogen) atoms. The van der Waals surface area contributed by atoms with Crippen molar-refractivity contribution in [1.29, 1.82) is 5.26 Å². The minimum Gasteiger partial charge on any atom is -0.377 e. The first-order valence-corrected chi connectivity index (χ1v) is 8.14. The lowest BCUT2D eigenvalue weighted by molar-refractivity contribution is -0.106. The molecule has 1 saturated carbocycles. The van der Waals surface area contributed by atoms with E-state index in [0.29, 0.717) is 30.2 Å². The Balaban J connectivity index is 0.00000208. The number of fused-ring (bicyclic) bond motifs is 1. The second-order valence-corrected chi connectivity index (χ2v) is 6.92. The molecule has 0 radical (unpaired) electrons. The van der Waals surface area contributed by atoms with E-state index in [-0.39, 0.29) is 29.4 Å². The summed E-state index contributed by atoms with van der Waals surface area (Å²) in [4.78, 5) is 4.34. The van der Waals surface area contributed by atoms with Crippen molar-refractivity contribution in [2.45, 2.75) is 39.0 Å². The normalized spacial score (nSPS) is 27.2. The van der Waals surface area contributed by atoms with E-state index in [4.69, 9.17) is 10.00 Å². The summed E-state index contributed by atoms with van der Waals surface area (Å²) in [6.07, 6.45) is 1.50. The molecule has 0 amide bonds. The number of nitriles is 1. The predicted molar refractivity (Wildman–Crippen MR) is 105 cm³/mol. The van der Waals surface area contributed by atoms with Gasteiger partial charge in [0, 0.05) is 37.6 Å². The number of halogens is 1. The van der Waals surface area contributed by atoms with Gasteiger partial charge in [-0.05, 0) is 24.1 Å². The molecule has 0 bridgehead atoms. The van der Waals surface area contributed by atoms with Gasteiger partial charge in [-0.2, -0.15) is 5.26 Å². The first kappa shape index (κ1) is 19.0. The highest BCUT2D eigenvalue weighted by molar-refractivity contribution is 14.0. The third-order valence-corrected chi connectivity index (χ3v) is 5.16. The molecule has 1 aromatic rings. The van der Waals surface area contributed by atoms with E-state index in [0.717, 1.165) is 24.6 Å². The predicted octanol–water partition coefficient (Wildman–Crippen LogP) is 2.65. The molecule has 3 rings (SSSR count). The maximum Gasteiger partial charge on any atom is 0.191 e. The van der Waals surface area contributed by atoms with Gasteiger partial charge in [-0.3, -0.25) is 4.99 Å². The fourth-order valence-corrected chi connectivity index (χ4v) is 3.84. The highest BCUT2D eigenvalue weighted by Gasteiger charge is 2.59. The second-order valence-electron chi connectivity index (χ2n) is 6.92. The molecule has 0 spiro atoms. The van der Waals surface area contributed by atoms with Gasteiger partial charge >= 0.3 is 0 Å². The summed E-state index contributed by atoms with van der Waals surface area (Å²) in [7, 11) is 1.79. The standard InChI is InChI=1S/C18H24N4O.HI/c1-18(2)15(14-8-9-23-16(14)18)22-17(20-3)21-11-13-6-4-12(10-19)5-7-13;/h4-7,14-16H,8-9,11H2,1-3H3,(H2,20,21,22);1H. The van der Waals surface area contributed by atoms with Crippen LogP contribution in [0.15, 0.2) is 29.3 Å². The molecule has 3 atom stereocenters. The van der Waals surface area contributed by atoms with Gasteiger partial charge in [-0.15, -0.1) is 24.0 Å². The van der Waals surface area contributed by atoms with Crippen molar-refractivity contribution in [3.8, 4) is 6.07 Å². The van der Waals surface area contributed by atoms with Gasteiger partial charge in [-0.1, -0.05) is 26.0 Å². The lowest BCUT2D eigenvalue weighted by Gasteiger charge is -2.54. The topological polar surface area (TPSA) is 69.4 Å². The minimum atomic E-state index is 0. The molecule has 2 aliphatic rings. The molecule has 6 heteroatoms. The maximum absolute atomic E-state index is 8.84.